The van der Waals surface area contributed by atoms with E-state index in [1.165, 1.54) is 21.1 Å². The van der Waals surface area contributed by atoms with Crippen molar-refractivity contribution in [2.24, 2.45) is 0 Å². The number of methoxy groups -OCH3 is 2. The Kier molecular flexibility index (Phi) is 5.30. The van der Waals surface area contributed by atoms with Crippen molar-refractivity contribution in [3.05, 3.63) is 23.4 Å². The van der Waals surface area contributed by atoms with Crippen LogP contribution in [0.1, 0.15) is 24.6 Å². The van der Waals surface area contributed by atoms with E-state index in [4.69, 9.17) is 4.74 Å². The van der Waals surface area contributed by atoms with E-state index in [0.29, 0.717) is 24.4 Å². The number of ether oxygens (including phenoxy) is 2. The third-order valence-electron chi connectivity index (χ3n) is 2.53. The number of pyridine rings is 1. The van der Waals surface area contributed by atoms with Crippen LogP contribution in [0.15, 0.2) is 12.1 Å². The molecule has 18 heavy (non-hydrogen) atoms. The molecule has 0 radical (unpaired) electrons. The van der Waals surface area contributed by atoms with Crippen LogP contribution in [0.5, 0.6) is 5.88 Å². The van der Waals surface area contributed by atoms with Crippen molar-refractivity contribution in [2.45, 2.75) is 26.2 Å². The minimum absolute atomic E-state index is 0.0867. The molecule has 0 spiro atoms. The van der Waals surface area contributed by atoms with Gasteiger partial charge < -0.3 is 14.3 Å². The van der Waals surface area contributed by atoms with Gasteiger partial charge in [0, 0.05) is 18.2 Å². The van der Waals surface area contributed by atoms with Crippen molar-refractivity contribution in [3.8, 4) is 5.88 Å². The van der Waals surface area contributed by atoms with Crippen molar-refractivity contribution in [3.63, 3.8) is 0 Å². The molecule has 5 nitrogen and oxygen atoms in total. The average Bonchev–Trinajstić information content (AvgIpc) is 2.37. The van der Waals surface area contributed by atoms with Gasteiger partial charge in [0.25, 0.3) is 0 Å². The van der Waals surface area contributed by atoms with Gasteiger partial charge in [-0.15, -0.1) is 0 Å². The molecule has 0 aromatic carbocycles. The summed E-state index contributed by atoms with van der Waals surface area (Å²) in [5.74, 6) is 0.233. The smallest absolute Gasteiger partial charge is 0.310 e. The molecular formula is C13H17NO4. The van der Waals surface area contributed by atoms with Gasteiger partial charge in [0.15, 0.2) is 0 Å². The van der Waals surface area contributed by atoms with E-state index >= 15 is 0 Å². The molecule has 0 atom stereocenters. The van der Waals surface area contributed by atoms with Gasteiger partial charge >= 0.3 is 5.97 Å². The molecule has 0 amide bonds. The summed E-state index contributed by atoms with van der Waals surface area (Å²) in [6.07, 6.45) is 1.05. The number of hydrogen-bond acceptors (Lipinski definition) is 5. The van der Waals surface area contributed by atoms with Crippen LogP contribution >= 0.6 is 0 Å². The molecule has 98 valence electrons. The van der Waals surface area contributed by atoms with E-state index in [0.717, 1.165) is 5.56 Å². The second-order valence-corrected chi connectivity index (χ2v) is 3.91. The quantitative estimate of drug-likeness (QED) is 0.713. The van der Waals surface area contributed by atoms with E-state index in [2.05, 4.69) is 9.72 Å². The first kappa shape index (κ1) is 14.2. The van der Waals surface area contributed by atoms with Crippen LogP contribution in [0.25, 0.3) is 0 Å². The van der Waals surface area contributed by atoms with Crippen molar-refractivity contribution >= 4 is 11.8 Å². The zero-order chi connectivity index (χ0) is 13.5. The molecule has 0 saturated heterocycles. The highest BCUT2D eigenvalue weighted by atomic mass is 16.5. The Hall–Kier alpha value is -1.91. The van der Waals surface area contributed by atoms with E-state index in [9.17, 15) is 9.59 Å². The molecular weight excluding hydrogens is 234 g/mol. The molecule has 0 aliphatic heterocycles. The van der Waals surface area contributed by atoms with Gasteiger partial charge in [-0.05, 0) is 18.9 Å². The monoisotopic (exact) mass is 251 g/mol. The third-order valence-corrected chi connectivity index (χ3v) is 2.53. The Morgan fingerprint density at radius 1 is 1.28 bits per heavy atom. The minimum atomic E-state index is -0.328. The lowest BCUT2D eigenvalue weighted by atomic mass is 10.1. The average molecular weight is 251 g/mol. The summed E-state index contributed by atoms with van der Waals surface area (Å²) < 4.78 is 9.66. The van der Waals surface area contributed by atoms with E-state index in [1.54, 1.807) is 12.1 Å². The zero-order valence-corrected chi connectivity index (χ0v) is 10.9. The van der Waals surface area contributed by atoms with Crippen LogP contribution < -0.4 is 4.74 Å². The Morgan fingerprint density at radius 3 is 2.56 bits per heavy atom. The van der Waals surface area contributed by atoms with Gasteiger partial charge in [0.1, 0.15) is 5.78 Å². The van der Waals surface area contributed by atoms with E-state index < -0.39 is 0 Å². The maximum absolute atomic E-state index is 11.3. The fourth-order valence-corrected chi connectivity index (χ4v) is 1.52. The number of aromatic nitrogens is 1. The molecule has 0 unspecified atom stereocenters. The zero-order valence-electron chi connectivity index (χ0n) is 10.9. The molecule has 0 fully saturated rings. The fourth-order valence-electron chi connectivity index (χ4n) is 1.52. The van der Waals surface area contributed by atoms with E-state index in [1.807, 2.05) is 0 Å². The largest absolute Gasteiger partial charge is 0.481 e. The molecule has 0 bridgehead atoms. The Bertz CT molecular complexity index is 443. The van der Waals surface area contributed by atoms with Gasteiger partial charge in [-0.3, -0.25) is 4.79 Å². The minimum Gasteiger partial charge on any atom is -0.481 e. The predicted molar refractivity (Wildman–Crippen MR) is 65.5 cm³/mol. The number of esters is 1. The van der Waals surface area contributed by atoms with Crippen molar-refractivity contribution in [1.29, 1.82) is 0 Å². The Labute approximate surface area is 106 Å². The Balaban J connectivity index is 2.92. The first-order valence-corrected chi connectivity index (χ1v) is 5.66. The molecule has 1 rings (SSSR count). The highest BCUT2D eigenvalue weighted by Crippen LogP contribution is 2.15. The summed E-state index contributed by atoms with van der Waals surface area (Å²) in [5, 5.41) is 0. The molecule has 1 aromatic heterocycles. The number of carbonyl (C=O) groups excluding carboxylic acids is 2. The van der Waals surface area contributed by atoms with Crippen molar-refractivity contribution in [2.75, 3.05) is 14.2 Å². The number of hydrogen-bond donors (Lipinski definition) is 0. The first-order chi connectivity index (χ1) is 8.56. The number of carbonyl (C=O) groups is 2. The topological polar surface area (TPSA) is 65.5 Å². The second-order valence-electron chi connectivity index (χ2n) is 3.91. The lowest BCUT2D eigenvalue weighted by Gasteiger charge is -2.09. The van der Waals surface area contributed by atoms with Crippen LogP contribution in [0, 0.1) is 0 Å². The highest BCUT2D eigenvalue weighted by molar-refractivity contribution is 5.76. The predicted octanol–water partition coefficient (Wildman–Crippen LogP) is 1.33. The standard InChI is InChI=1S/C13H17NO4/c1-9(15)4-6-11-10(8-13(16)18-3)5-7-12(14-11)17-2/h5,7H,4,6,8H2,1-3H3. The first-order valence-electron chi connectivity index (χ1n) is 5.66. The fraction of sp³-hybridized carbons (Fsp3) is 0.462. The lowest BCUT2D eigenvalue weighted by molar-refractivity contribution is -0.139. The summed E-state index contributed by atoms with van der Waals surface area (Å²) >= 11 is 0. The maximum atomic E-state index is 11.3. The van der Waals surface area contributed by atoms with E-state index in [-0.39, 0.29) is 18.2 Å². The van der Waals surface area contributed by atoms with Crippen LogP contribution in [0.3, 0.4) is 0 Å². The van der Waals surface area contributed by atoms with Gasteiger partial charge in [-0.2, -0.15) is 0 Å². The molecule has 0 saturated carbocycles. The molecule has 0 N–H and O–H groups in total. The van der Waals surface area contributed by atoms with Crippen LogP contribution in [0.2, 0.25) is 0 Å². The van der Waals surface area contributed by atoms with Gasteiger partial charge in [-0.1, -0.05) is 6.07 Å². The maximum Gasteiger partial charge on any atom is 0.310 e. The summed E-state index contributed by atoms with van der Waals surface area (Å²) in [6.45, 7) is 1.53. The number of aryl methyl sites for hydroxylation is 1. The highest BCUT2D eigenvalue weighted by Gasteiger charge is 2.11. The molecule has 1 heterocycles. The summed E-state index contributed by atoms with van der Waals surface area (Å²) in [5.41, 5.74) is 1.47. The number of nitrogens with zero attached hydrogens (tertiary/aromatic N) is 1. The number of Topliss-reactive ketones (excluding diaryl/α,β-unsaturated/α-hetero) is 1. The normalized spacial score (nSPS) is 9.94. The SMILES string of the molecule is COC(=O)Cc1ccc(OC)nc1CCC(C)=O. The number of ketones is 1. The molecule has 0 aliphatic rings. The third kappa shape index (κ3) is 4.16. The summed E-state index contributed by atoms with van der Waals surface area (Å²) in [6, 6.07) is 3.47. The molecule has 5 heteroatoms. The molecule has 1 aromatic rings. The summed E-state index contributed by atoms with van der Waals surface area (Å²) in [7, 11) is 2.87. The lowest BCUT2D eigenvalue weighted by Crippen LogP contribution is -2.09. The second kappa shape index (κ2) is 6.74. The van der Waals surface area contributed by atoms with Crippen LogP contribution in [0.4, 0.5) is 0 Å². The van der Waals surface area contributed by atoms with Crippen LogP contribution in [-0.4, -0.2) is 31.0 Å². The van der Waals surface area contributed by atoms with Gasteiger partial charge in [0.2, 0.25) is 5.88 Å². The van der Waals surface area contributed by atoms with Crippen LogP contribution in [-0.2, 0) is 27.2 Å². The molecule has 0 aliphatic carbocycles. The van der Waals surface area contributed by atoms with Gasteiger partial charge in [0.05, 0.1) is 20.6 Å². The number of rotatable bonds is 6. The van der Waals surface area contributed by atoms with Gasteiger partial charge in [-0.25, -0.2) is 4.98 Å². The van der Waals surface area contributed by atoms with Crippen molar-refractivity contribution in [1.82, 2.24) is 4.98 Å². The van der Waals surface area contributed by atoms with Crippen molar-refractivity contribution < 1.29 is 19.1 Å². The summed E-state index contributed by atoms with van der Waals surface area (Å²) in [4.78, 5) is 26.6. The Morgan fingerprint density at radius 2 is 2.00 bits per heavy atom.